The van der Waals surface area contributed by atoms with Gasteiger partial charge in [0.25, 0.3) is 5.56 Å². The molecule has 0 atom stereocenters. The number of aromatic hydroxyl groups is 1. The van der Waals surface area contributed by atoms with E-state index in [1.807, 2.05) is 6.07 Å². The second-order valence-electron chi connectivity index (χ2n) is 4.16. The molecule has 102 valence electrons. The molecule has 0 aliphatic rings. The molecule has 2 N–H and O–H groups in total. The molecule has 0 fully saturated rings. The van der Waals surface area contributed by atoms with E-state index in [1.54, 1.807) is 19.1 Å². The number of phenols is 1. The van der Waals surface area contributed by atoms with E-state index < -0.39 is 5.56 Å². The molecule has 0 radical (unpaired) electrons. The Balaban J connectivity index is 2.83. The molecule has 0 spiro atoms. The summed E-state index contributed by atoms with van der Waals surface area (Å²) in [4.78, 5) is 14.4. The highest BCUT2D eigenvalue weighted by atomic mass is 79.9. The number of phenolic OH excluding ortho intramolecular Hbond substituents is 1. The van der Waals surface area contributed by atoms with Crippen LogP contribution in [0.3, 0.4) is 0 Å². The minimum atomic E-state index is -0.443. The van der Waals surface area contributed by atoms with Crippen molar-refractivity contribution in [1.82, 2.24) is 4.98 Å². The zero-order valence-corrected chi connectivity index (χ0v) is 12.4. The summed E-state index contributed by atoms with van der Waals surface area (Å²) in [5.74, 6) is 0.229. The highest BCUT2D eigenvalue weighted by Gasteiger charge is 2.17. The molecule has 1 aromatic carbocycles. The Labute approximate surface area is 123 Å². The molecule has 6 heteroatoms. The van der Waals surface area contributed by atoms with Crippen molar-refractivity contribution in [2.45, 2.75) is 6.92 Å². The number of nitrogens with one attached hydrogen (secondary N) is 1. The first-order valence-electron chi connectivity index (χ1n) is 5.69. The smallest absolute Gasteiger partial charge is 0.266 e. The van der Waals surface area contributed by atoms with Crippen molar-refractivity contribution in [3.8, 4) is 28.7 Å². The van der Waals surface area contributed by atoms with Gasteiger partial charge in [0, 0.05) is 16.8 Å². The molecule has 0 amide bonds. The number of nitriles is 1. The number of nitrogens with zero attached hydrogens (tertiary/aromatic N) is 1. The van der Waals surface area contributed by atoms with E-state index >= 15 is 0 Å². The normalized spacial score (nSPS) is 10.1. The first kappa shape index (κ1) is 14.2. The van der Waals surface area contributed by atoms with Gasteiger partial charge in [0.1, 0.15) is 11.6 Å². The molecule has 5 nitrogen and oxygen atoms in total. The molecule has 2 rings (SSSR count). The summed E-state index contributed by atoms with van der Waals surface area (Å²) in [6.07, 6.45) is 0. The van der Waals surface area contributed by atoms with Crippen LogP contribution in [0.5, 0.6) is 11.5 Å². The van der Waals surface area contributed by atoms with Gasteiger partial charge in [-0.1, -0.05) is 0 Å². The fourth-order valence-corrected chi connectivity index (χ4v) is 2.67. The monoisotopic (exact) mass is 334 g/mol. The predicted octanol–water partition coefficient (Wildman–Crippen LogP) is 2.70. The summed E-state index contributed by atoms with van der Waals surface area (Å²) in [5, 5.41) is 18.9. The molecule has 0 saturated heterocycles. The van der Waals surface area contributed by atoms with Crippen molar-refractivity contribution in [1.29, 1.82) is 5.26 Å². The Hall–Kier alpha value is -2.26. The Bertz CT molecular complexity index is 775. The average Bonchev–Trinajstić information content (AvgIpc) is 2.38. The number of rotatable bonds is 2. The van der Waals surface area contributed by atoms with E-state index in [0.29, 0.717) is 21.3 Å². The van der Waals surface area contributed by atoms with Crippen LogP contribution in [0.2, 0.25) is 0 Å². The van der Waals surface area contributed by atoms with Crippen LogP contribution in [0.1, 0.15) is 11.3 Å². The molecule has 1 aromatic heterocycles. The van der Waals surface area contributed by atoms with Crippen LogP contribution >= 0.6 is 15.9 Å². The van der Waals surface area contributed by atoms with E-state index in [1.165, 1.54) is 13.2 Å². The minimum Gasteiger partial charge on any atom is -0.504 e. The molecular formula is C14H11BrN2O3. The van der Waals surface area contributed by atoms with E-state index in [0.717, 1.165) is 0 Å². The van der Waals surface area contributed by atoms with Gasteiger partial charge in [-0.15, -0.1) is 0 Å². The molecule has 0 aliphatic carbocycles. The zero-order chi connectivity index (χ0) is 14.9. The molecular weight excluding hydrogens is 324 g/mol. The summed E-state index contributed by atoms with van der Waals surface area (Å²) in [6.45, 7) is 1.73. The minimum absolute atomic E-state index is 0.0176. The van der Waals surface area contributed by atoms with Crippen LogP contribution in [0.15, 0.2) is 27.5 Å². The third-order valence-corrected chi connectivity index (χ3v) is 3.64. The summed E-state index contributed by atoms with van der Waals surface area (Å²) in [6, 6.07) is 6.68. The highest BCUT2D eigenvalue weighted by Crippen LogP contribution is 2.41. The number of aromatic nitrogens is 1. The third-order valence-electron chi connectivity index (χ3n) is 2.85. The second kappa shape index (κ2) is 5.39. The topological polar surface area (TPSA) is 86.1 Å². The van der Waals surface area contributed by atoms with Crippen LogP contribution in [0, 0.1) is 18.3 Å². The lowest BCUT2D eigenvalue weighted by Crippen LogP contribution is -2.12. The van der Waals surface area contributed by atoms with Gasteiger partial charge in [-0.05, 0) is 41.1 Å². The van der Waals surface area contributed by atoms with E-state index in [9.17, 15) is 9.90 Å². The van der Waals surface area contributed by atoms with Gasteiger partial charge in [-0.25, -0.2) is 0 Å². The Kier molecular flexibility index (Phi) is 3.81. The number of pyridine rings is 1. The molecule has 2 aromatic rings. The number of halogens is 1. The van der Waals surface area contributed by atoms with E-state index in [-0.39, 0.29) is 17.1 Å². The molecule has 0 unspecified atom stereocenters. The quantitative estimate of drug-likeness (QED) is 0.883. The van der Waals surface area contributed by atoms with Crippen molar-refractivity contribution in [3.63, 3.8) is 0 Å². The van der Waals surface area contributed by atoms with Crippen LogP contribution in [-0.4, -0.2) is 17.2 Å². The van der Waals surface area contributed by atoms with Crippen LogP contribution in [0.25, 0.3) is 11.1 Å². The number of benzene rings is 1. The Morgan fingerprint density at radius 3 is 2.70 bits per heavy atom. The van der Waals surface area contributed by atoms with Gasteiger partial charge < -0.3 is 14.8 Å². The SMILES string of the molecule is COc1c(O)ccc(-c2cc(C)[nH]c(=O)c2C#N)c1Br. The zero-order valence-electron chi connectivity index (χ0n) is 10.8. The van der Waals surface area contributed by atoms with E-state index in [2.05, 4.69) is 20.9 Å². The lowest BCUT2D eigenvalue weighted by Gasteiger charge is -2.12. The molecule has 20 heavy (non-hydrogen) atoms. The molecule has 0 saturated carbocycles. The van der Waals surface area contributed by atoms with E-state index in [4.69, 9.17) is 10.00 Å². The number of hydrogen-bond donors (Lipinski definition) is 2. The predicted molar refractivity (Wildman–Crippen MR) is 77.9 cm³/mol. The van der Waals surface area contributed by atoms with Gasteiger partial charge in [-0.2, -0.15) is 5.26 Å². The second-order valence-corrected chi connectivity index (χ2v) is 4.95. The fourth-order valence-electron chi connectivity index (χ4n) is 1.96. The summed E-state index contributed by atoms with van der Waals surface area (Å²) in [7, 11) is 1.43. The maximum Gasteiger partial charge on any atom is 0.266 e. The van der Waals surface area contributed by atoms with Gasteiger partial charge in [-0.3, -0.25) is 4.79 Å². The number of ether oxygens (including phenoxy) is 1. The molecule has 0 aliphatic heterocycles. The number of aromatic amines is 1. The van der Waals surface area contributed by atoms with Crippen LogP contribution in [-0.2, 0) is 0 Å². The van der Waals surface area contributed by atoms with Crippen molar-refractivity contribution in [3.05, 3.63) is 44.3 Å². The third kappa shape index (κ3) is 2.28. The first-order valence-corrected chi connectivity index (χ1v) is 6.48. The maximum absolute atomic E-state index is 11.8. The van der Waals surface area contributed by atoms with Gasteiger partial charge in [0.15, 0.2) is 11.5 Å². The largest absolute Gasteiger partial charge is 0.504 e. The lowest BCUT2D eigenvalue weighted by molar-refractivity contribution is 0.371. The van der Waals surface area contributed by atoms with Crippen LogP contribution in [0.4, 0.5) is 0 Å². The number of methoxy groups -OCH3 is 1. The Morgan fingerprint density at radius 2 is 2.10 bits per heavy atom. The van der Waals surface area contributed by atoms with Crippen LogP contribution < -0.4 is 10.3 Å². The number of aryl methyl sites for hydroxylation is 1. The maximum atomic E-state index is 11.8. The summed E-state index contributed by atoms with van der Waals surface area (Å²) in [5.41, 5.74) is 1.30. The van der Waals surface area contributed by atoms with Gasteiger partial charge in [0.2, 0.25) is 0 Å². The van der Waals surface area contributed by atoms with Crippen molar-refractivity contribution < 1.29 is 9.84 Å². The number of hydrogen-bond acceptors (Lipinski definition) is 4. The summed E-state index contributed by atoms with van der Waals surface area (Å²) >= 11 is 3.33. The average molecular weight is 335 g/mol. The summed E-state index contributed by atoms with van der Waals surface area (Å²) < 4.78 is 5.59. The van der Waals surface area contributed by atoms with Gasteiger partial charge >= 0.3 is 0 Å². The van der Waals surface area contributed by atoms with Crippen molar-refractivity contribution in [2.75, 3.05) is 7.11 Å². The Morgan fingerprint density at radius 1 is 1.40 bits per heavy atom. The van der Waals surface area contributed by atoms with Crippen molar-refractivity contribution in [2.24, 2.45) is 0 Å². The first-order chi connectivity index (χ1) is 9.49. The lowest BCUT2D eigenvalue weighted by atomic mass is 10.0. The standard InChI is InChI=1S/C14H11BrN2O3/c1-7-5-9(10(6-16)14(19)17-7)8-3-4-11(18)13(20-2)12(8)15/h3-5,18H,1-2H3,(H,17,19). The molecule has 1 heterocycles. The highest BCUT2D eigenvalue weighted by molar-refractivity contribution is 9.10. The number of H-pyrrole nitrogens is 1. The molecule has 0 bridgehead atoms. The van der Waals surface area contributed by atoms with Crippen molar-refractivity contribution >= 4 is 15.9 Å². The fraction of sp³-hybridized carbons (Fsp3) is 0.143. The van der Waals surface area contributed by atoms with Gasteiger partial charge in [0.05, 0.1) is 11.6 Å².